The van der Waals surface area contributed by atoms with E-state index in [9.17, 15) is 4.79 Å². The predicted octanol–water partition coefficient (Wildman–Crippen LogP) is 3.83. The molecule has 17 heavy (non-hydrogen) atoms. The molecule has 1 aliphatic heterocycles. The zero-order valence-electron chi connectivity index (χ0n) is 9.01. The van der Waals surface area contributed by atoms with E-state index in [1.807, 2.05) is 17.6 Å². The van der Waals surface area contributed by atoms with Crippen molar-refractivity contribution in [3.63, 3.8) is 0 Å². The van der Waals surface area contributed by atoms with E-state index < -0.39 is 0 Å². The highest BCUT2D eigenvalue weighted by Gasteiger charge is 1.99. The van der Waals surface area contributed by atoms with Crippen LogP contribution in [0.5, 0.6) is 0 Å². The number of benzene rings is 1. The van der Waals surface area contributed by atoms with E-state index in [0.29, 0.717) is 10.7 Å². The third-order valence-corrected chi connectivity index (χ3v) is 3.88. The Morgan fingerprint density at radius 1 is 1.29 bits per heavy atom. The first-order chi connectivity index (χ1) is 8.24. The fraction of sp³-hybridized carbons (Fsp3) is 0. The average molecular weight is 266 g/mol. The molecule has 2 nitrogen and oxygen atoms in total. The smallest absolute Gasteiger partial charge is 0.248 e. The quantitative estimate of drug-likeness (QED) is 0.631. The lowest BCUT2D eigenvalue weighted by Crippen LogP contribution is -2.07. The fourth-order valence-electron chi connectivity index (χ4n) is 1.35. The van der Waals surface area contributed by atoms with Crippen LogP contribution >= 0.6 is 22.5 Å². The van der Waals surface area contributed by atoms with Crippen molar-refractivity contribution in [1.82, 2.24) is 0 Å². The van der Waals surface area contributed by atoms with E-state index in [0.717, 1.165) is 0 Å². The van der Waals surface area contributed by atoms with Gasteiger partial charge in [0.1, 0.15) is 0 Å². The second-order valence-electron chi connectivity index (χ2n) is 3.45. The molecule has 0 unspecified atom stereocenters. The average Bonchev–Trinajstić information content (AvgIpc) is 2.79. The Kier molecular flexibility index (Phi) is 4.07. The number of anilines is 1. The molecule has 0 aliphatic carbocycles. The zero-order valence-corrected chi connectivity index (χ0v) is 10.7. The molecule has 2 rings (SSSR count). The lowest BCUT2D eigenvalue weighted by atomic mass is 10.3. The maximum Gasteiger partial charge on any atom is 0.248 e. The van der Waals surface area contributed by atoms with Gasteiger partial charge in [0.15, 0.2) is 0 Å². The second kappa shape index (κ2) is 5.75. The third kappa shape index (κ3) is 3.80. The minimum atomic E-state index is -0.387. The Labute approximate surface area is 108 Å². The normalized spacial score (nSPS) is 15.7. The van der Waals surface area contributed by atoms with Crippen LogP contribution in [0.15, 0.2) is 58.7 Å². The number of amides is 1. The highest BCUT2D eigenvalue weighted by atomic mass is 35.5. The lowest BCUT2D eigenvalue weighted by molar-refractivity contribution is -0.111. The largest absolute Gasteiger partial charge is 0.322 e. The van der Waals surface area contributed by atoms with Crippen molar-refractivity contribution < 1.29 is 4.79 Å². The highest BCUT2D eigenvalue weighted by molar-refractivity contribution is 8.24. The molecule has 1 aromatic carbocycles. The van der Waals surface area contributed by atoms with Crippen LogP contribution in [-0.2, 0) is 4.79 Å². The van der Waals surface area contributed by atoms with Gasteiger partial charge in [0, 0.05) is 16.8 Å². The van der Waals surface area contributed by atoms with Gasteiger partial charge >= 0.3 is 0 Å². The molecule has 0 atom stereocenters. The van der Waals surface area contributed by atoms with E-state index in [4.69, 9.17) is 11.6 Å². The summed E-state index contributed by atoms with van der Waals surface area (Å²) >= 11 is 5.82. The van der Waals surface area contributed by atoms with Gasteiger partial charge in [-0.25, -0.2) is 0 Å². The number of halogens is 1. The summed E-state index contributed by atoms with van der Waals surface area (Å²) in [5, 5.41) is 9.44. The Morgan fingerprint density at radius 2 is 2.06 bits per heavy atom. The number of carbonyl (C=O) groups excluding carboxylic acids is 1. The van der Waals surface area contributed by atoms with E-state index in [1.165, 1.54) is 0 Å². The molecule has 88 valence electrons. The predicted molar refractivity (Wildman–Crippen MR) is 76.5 cm³/mol. The van der Waals surface area contributed by atoms with Crippen molar-refractivity contribution in [3.05, 3.63) is 63.7 Å². The first kappa shape index (κ1) is 12.0. The molecule has 0 spiro atoms. The third-order valence-electron chi connectivity index (χ3n) is 2.12. The van der Waals surface area contributed by atoms with Crippen molar-refractivity contribution in [2.24, 2.45) is 0 Å². The van der Waals surface area contributed by atoms with Crippen molar-refractivity contribution in [3.8, 4) is 0 Å². The van der Waals surface area contributed by atoms with Gasteiger partial charge in [0.05, 0.1) is 0 Å². The van der Waals surface area contributed by atoms with Crippen LogP contribution in [0, 0.1) is 0 Å². The van der Waals surface area contributed by atoms with E-state index in [2.05, 4.69) is 16.1 Å². The summed E-state index contributed by atoms with van der Waals surface area (Å²) in [7, 11) is -0.387. The molecule has 0 saturated carbocycles. The lowest BCUT2D eigenvalue weighted by Gasteiger charge is -2.03. The van der Waals surface area contributed by atoms with Crippen molar-refractivity contribution in [2.75, 3.05) is 5.32 Å². The first-order valence-corrected chi connectivity index (χ1v) is 7.04. The molecule has 1 amide bonds. The number of hydrogen-bond acceptors (Lipinski definition) is 1. The van der Waals surface area contributed by atoms with Crippen LogP contribution in [0.2, 0.25) is 5.02 Å². The Morgan fingerprint density at radius 3 is 2.76 bits per heavy atom. The monoisotopic (exact) mass is 265 g/mol. The SMILES string of the molecule is O=C(C=C[SH]1C=CC=C1)Nc1cccc(Cl)c1. The summed E-state index contributed by atoms with van der Waals surface area (Å²) < 4.78 is 0. The van der Waals surface area contributed by atoms with Gasteiger partial charge < -0.3 is 5.32 Å². The minimum absolute atomic E-state index is 0.136. The molecule has 0 bridgehead atoms. The summed E-state index contributed by atoms with van der Waals surface area (Å²) in [5.74, 6) is -0.136. The number of thiol groups is 1. The van der Waals surface area contributed by atoms with Crippen molar-refractivity contribution in [2.45, 2.75) is 0 Å². The molecule has 0 saturated heterocycles. The molecule has 1 N–H and O–H groups in total. The minimum Gasteiger partial charge on any atom is -0.322 e. The summed E-state index contributed by atoms with van der Waals surface area (Å²) in [6.07, 6.45) is 5.54. The fourth-order valence-corrected chi connectivity index (χ4v) is 2.74. The molecular formula is C13H12ClNOS. The van der Waals surface area contributed by atoms with Crippen LogP contribution in [-0.4, -0.2) is 5.91 Å². The van der Waals surface area contributed by atoms with Gasteiger partial charge in [-0.15, -0.1) is 0 Å². The van der Waals surface area contributed by atoms with Crippen molar-refractivity contribution >= 4 is 34.1 Å². The standard InChI is InChI=1S/C13H12ClNOS/c14-11-4-3-5-12(10-11)15-13(16)6-9-17-7-1-2-8-17/h1-10,17H,(H,15,16). The molecule has 0 fully saturated rings. The Balaban J connectivity index is 1.93. The highest BCUT2D eigenvalue weighted by Crippen LogP contribution is 2.33. The zero-order chi connectivity index (χ0) is 12.1. The van der Waals surface area contributed by atoms with Gasteiger partial charge in [0.25, 0.3) is 0 Å². The van der Waals surface area contributed by atoms with Crippen LogP contribution in [0.3, 0.4) is 0 Å². The van der Waals surface area contributed by atoms with E-state index in [-0.39, 0.29) is 16.8 Å². The second-order valence-corrected chi connectivity index (χ2v) is 5.67. The molecule has 0 aromatic heterocycles. The maximum absolute atomic E-state index is 11.6. The number of nitrogens with one attached hydrogen (secondary N) is 1. The van der Waals surface area contributed by atoms with Crippen LogP contribution in [0.25, 0.3) is 0 Å². The van der Waals surface area contributed by atoms with Gasteiger partial charge in [-0.05, 0) is 34.4 Å². The number of carbonyl (C=O) groups is 1. The number of rotatable bonds is 3. The van der Waals surface area contributed by atoms with Crippen molar-refractivity contribution in [1.29, 1.82) is 0 Å². The van der Waals surface area contributed by atoms with Gasteiger partial charge in [-0.1, -0.05) is 29.8 Å². The Bertz CT molecular complexity index is 496. The van der Waals surface area contributed by atoms with Crippen LogP contribution in [0.4, 0.5) is 5.69 Å². The summed E-state index contributed by atoms with van der Waals surface area (Å²) in [6.45, 7) is 0. The van der Waals surface area contributed by atoms with Crippen LogP contribution in [0.1, 0.15) is 0 Å². The first-order valence-electron chi connectivity index (χ1n) is 5.11. The molecule has 0 radical (unpaired) electrons. The maximum atomic E-state index is 11.6. The molecule has 1 heterocycles. The topological polar surface area (TPSA) is 29.1 Å². The Hall–Kier alpha value is -1.45. The van der Waals surface area contributed by atoms with E-state index in [1.54, 1.807) is 30.3 Å². The van der Waals surface area contributed by atoms with Gasteiger partial charge in [-0.3, -0.25) is 4.79 Å². The summed E-state index contributed by atoms with van der Waals surface area (Å²) in [6, 6.07) is 7.09. The summed E-state index contributed by atoms with van der Waals surface area (Å²) in [5.41, 5.74) is 0.706. The molecular weight excluding hydrogens is 254 g/mol. The van der Waals surface area contributed by atoms with E-state index >= 15 is 0 Å². The van der Waals surface area contributed by atoms with Gasteiger partial charge in [-0.2, -0.15) is 10.9 Å². The number of hydrogen-bond donors (Lipinski definition) is 2. The number of allylic oxidation sites excluding steroid dienone is 2. The van der Waals surface area contributed by atoms with Gasteiger partial charge in [0.2, 0.25) is 5.91 Å². The molecule has 1 aliphatic rings. The van der Waals surface area contributed by atoms with Crippen LogP contribution < -0.4 is 5.32 Å². The molecule has 4 heteroatoms. The molecule has 1 aromatic rings. The summed E-state index contributed by atoms with van der Waals surface area (Å²) in [4.78, 5) is 11.6.